The van der Waals surface area contributed by atoms with E-state index in [1.54, 1.807) is 0 Å². The quantitative estimate of drug-likeness (QED) is 0.292. The average molecular weight is 843 g/mol. The van der Waals surface area contributed by atoms with Crippen molar-refractivity contribution in [1.29, 1.82) is 0 Å². The number of dihydropyridines is 2. The smallest absolute Gasteiger partial charge is 0.160 e. The minimum absolute atomic E-state index is 0.00322. The Labute approximate surface area is 372 Å². The molecule has 13 aliphatic heterocycles. The number of fused-ring (bicyclic) bond motifs is 6. The van der Waals surface area contributed by atoms with Crippen LogP contribution < -0.4 is 10.6 Å². The van der Waals surface area contributed by atoms with Gasteiger partial charge in [0.05, 0.1) is 53.0 Å². The monoisotopic (exact) mass is 842 g/mol. The lowest BCUT2D eigenvalue weighted by Gasteiger charge is -2.59. The standard InChI is InChI=1S/C53H38N12/c1-16-9-22-10-25-26-13-55-49-41-32(26)50(61-48(25)60-47(22)56-20(16)5)63-52-43(41)42-38-34-29(58-51(42)62-49)12-30-36-37(34)31-27(44(38)59-52)14-54-28-7-8-64-46(35(28)31)40(36)39-33-23(19(4)21(6)57-53(33)64)11-24-18(3)17(2)15-65(30)45(24)39/h7-8,12-13,15-16,22-23,25-26,30,43,45-46H,4,6,9-11,14H2,1-3,5H3. The Hall–Kier alpha value is -7.08. The summed E-state index contributed by atoms with van der Waals surface area (Å²) >= 11 is 0. The van der Waals surface area contributed by atoms with E-state index in [0.29, 0.717) is 30.1 Å². The highest BCUT2D eigenvalue weighted by Crippen LogP contribution is 2.62. The number of allylic oxidation sites excluding steroid dienone is 4. The molecule has 18 rings (SSSR count). The molecule has 0 bridgehead atoms. The summed E-state index contributed by atoms with van der Waals surface area (Å²) in [6.45, 7) is 18.7. The Balaban J connectivity index is 0.967. The first kappa shape index (κ1) is 33.4. The summed E-state index contributed by atoms with van der Waals surface area (Å²) in [7, 11) is 0. The van der Waals surface area contributed by atoms with Crippen LogP contribution in [0.5, 0.6) is 0 Å². The summed E-state index contributed by atoms with van der Waals surface area (Å²) in [6, 6.07) is -0.0409. The first-order chi connectivity index (χ1) is 31.7. The van der Waals surface area contributed by atoms with Gasteiger partial charge in [-0.25, -0.2) is 44.9 Å². The molecule has 3 aliphatic carbocycles. The molecule has 0 N–H and O–H groups in total. The largest absolute Gasteiger partial charge is 0.356 e. The molecular weight excluding hydrogens is 805 g/mol. The summed E-state index contributed by atoms with van der Waals surface area (Å²) in [4.78, 5) is 58.8. The molecule has 310 valence electrons. The third-order valence-corrected chi connectivity index (χ3v) is 18.1. The maximum absolute atomic E-state index is 5.72. The van der Waals surface area contributed by atoms with E-state index in [9.17, 15) is 0 Å². The topological polar surface area (TPSA) is 131 Å². The zero-order chi connectivity index (χ0) is 42.5. The first-order valence-corrected chi connectivity index (χ1v) is 23.4. The van der Waals surface area contributed by atoms with Crippen LogP contribution in [0.3, 0.4) is 0 Å². The summed E-state index contributed by atoms with van der Waals surface area (Å²) in [5.41, 5.74) is 21.7. The second-order valence-electron chi connectivity index (χ2n) is 20.8. The number of nitrogens with zero attached hydrogens (tertiary/aromatic N) is 12. The van der Waals surface area contributed by atoms with Crippen LogP contribution in [0.2, 0.25) is 0 Å². The molecule has 14 heterocycles. The van der Waals surface area contributed by atoms with E-state index in [-0.39, 0.29) is 41.8 Å². The highest BCUT2D eigenvalue weighted by molar-refractivity contribution is 6.34. The van der Waals surface area contributed by atoms with Crippen molar-refractivity contribution in [2.45, 2.75) is 77.5 Å². The zero-order valence-corrected chi connectivity index (χ0v) is 36.2. The number of amidine groups is 6. The van der Waals surface area contributed by atoms with E-state index in [2.05, 4.69) is 81.4 Å². The molecule has 16 aliphatic rings. The van der Waals surface area contributed by atoms with E-state index in [1.165, 1.54) is 60.8 Å². The van der Waals surface area contributed by atoms with Gasteiger partial charge in [0.2, 0.25) is 0 Å². The second-order valence-corrected chi connectivity index (χ2v) is 20.8. The summed E-state index contributed by atoms with van der Waals surface area (Å²) in [6.07, 6.45) is 14.3. The van der Waals surface area contributed by atoms with Gasteiger partial charge in [-0.3, -0.25) is 4.99 Å². The summed E-state index contributed by atoms with van der Waals surface area (Å²) in [5.74, 6) is 6.31. The summed E-state index contributed by atoms with van der Waals surface area (Å²) in [5, 5.41) is 4.57. The number of hydrogen-bond donors (Lipinski definition) is 0. The van der Waals surface area contributed by atoms with Gasteiger partial charge in [-0.15, -0.1) is 0 Å². The highest BCUT2D eigenvalue weighted by atomic mass is 15.3. The molecule has 0 saturated heterocycles. The van der Waals surface area contributed by atoms with Gasteiger partial charge in [0, 0.05) is 92.2 Å². The number of aliphatic imine (C=N–C) groups is 9. The van der Waals surface area contributed by atoms with Crippen LogP contribution in [0.4, 0.5) is 11.5 Å². The molecule has 9 atom stereocenters. The van der Waals surface area contributed by atoms with Crippen molar-refractivity contribution >= 4 is 92.2 Å². The van der Waals surface area contributed by atoms with E-state index in [1.807, 2.05) is 0 Å². The van der Waals surface area contributed by atoms with Gasteiger partial charge < -0.3 is 9.80 Å². The predicted octanol–water partition coefficient (Wildman–Crippen LogP) is 6.73. The van der Waals surface area contributed by atoms with Crippen molar-refractivity contribution in [2.75, 3.05) is 0 Å². The molecule has 1 aromatic carbocycles. The highest BCUT2D eigenvalue weighted by Gasteiger charge is 2.59. The SMILES string of the molecule is C=C1N=C2C3=C4C5=C6c7c8c(c9c%10c%11c(nc(c7%10)=CC6N6C=C(C)C(C)=C(CC3C1=C)C46)N=C1N=CC3C4=C1C%11C(=N9)N=C4N=C1N=C4N=C(C)C(C)CC4CC13)CN=C1C=CN2C5C=81. The average Bonchev–Trinajstić information content (AvgIpc) is 3.31. The Kier molecular flexibility index (Phi) is 5.26. The lowest BCUT2D eigenvalue weighted by molar-refractivity contribution is 0.290. The predicted molar refractivity (Wildman–Crippen MR) is 255 cm³/mol. The summed E-state index contributed by atoms with van der Waals surface area (Å²) < 4.78 is 0. The molecule has 0 fully saturated rings. The fourth-order valence-electron chi connectivity index (χ4n) is 15.1. The molecule has 9 unspecified atom stereocenters. The van der Waals surface area contributed by atoms with E-state index >= 15 is 0 Å². The van der Waals surface area contributed by atoms with Crippen molar-refractivity contribution in [3.05, 3.63) is 115 Å². The minimum Gasteiger partial charge on any atom is -0.356 e. The lowest BCUT2D eigenvalue weighted by Crippen LogP contribution is -2.62. The molecule has 12 heteroatoms. The van der Waals surface area contributed by atoms with Crippen LogP contribution in [0, 0.1) is 29.6 Å². The molecular formula is C53H38N12. The number of hydrogen-bond acceptors (Lipinski definition) is 12. The Morgan fingerprint density at radius 3 is 2.60 bits per heavy atom. The van der Waals surface area contributed by atoms with Gasteiger partial charge in [0.25, 0.3) is 0 Å². The van der Waals surface area contributed by atoms with Gasteiger partial charge in [0.15, 0.2) is 17.5 Å². The second kappa shape index (κ2) is 10.2. The number of aromatic nitrogens is 1. The maximum Gasteiger partial charge on any atom is 0.160 e. The molecule has 1 aromatic heterocycles. The van der Waals surface area contributed by atoms with Crippen molar-refractivity contribution in [3.63, 3.8) is 0 Å². The van der Waals surface area contributed by atoms with Crippen molar-refractivity contribution in [1.82, 2.24) is 14.8 Å². The zero-order valence-electron chi connectivity index (χ0n) is 36.2. The molecule has 0 radical (unpaired) electrons. The fourth-order valence-corrected chi connectivity index (χ4v) is 15.1. The minimum atomic E-state index is -0.245. The molecule has 65 heavy (non-hydrogen) atoms. The van der Waals surface area contributed by atoms with Crippen molar-refractivity contribution < 1.29 is 0 Å². The lowest BCUT2D eigenvalue weighted by atomic mass is 9.58. The van der Waals surface area contributed by atoms with E-state index in [0.717, 1.165) is 110 Å². The Bertz CT molecular complexity index is 3800. The van der Waals surface area contributed by atoms with Gasteiger partial charge in [-0.05, 0) is 108 Å². The molecule has 2 aromatic rings. The van der Waals surface area contributed by atoms with Crippen LogP contribution in [0.1, 0.15) is 69.6 Å². The van der Waals surface area contributed by atoms with Crippen LogP contribution in [0.15, 0.2) is 132 Å². The van der Waals surface area contributed by atoms with Crippen molar-refractivity contribution in [2.24, 2.45) is 74.5 Å². The van der Waals surface area contributed by atoms with Crippen LogP contribution in [0.25, 0.3) is 28.0 Å². The third kappa shape index (κ3) is 3.42. The molecule has 0 spiro atoms. The van der Waals surface area contributed by atoms with Gasteiger partial charge in [0.1, 0.15) is 23.3 Å². The van der Waals surface area contributed by atoms with E-state index < -0.39 is 0 Å². The molecule has 0 saturated carbocycles. The number of pyridine rings is 1. The normalized spacial score (nSPS) is 34.9. The first-order valence-electron chi connectivity index (χ1n) is 23.4. The third-order valence-electron chi connectivity index (χ3n) is 18.1. The molecule has 0 amide bonds. The van der Waals surface area contributed by atoms with Crippen LogP contribution in [-0.2, 0) is 6.54 Å². The maximum atomic E-state index is 5.72. The number of benzene rings is 1. The van der Waals surface area contributed by atoms with Crippen LogP contribution >= 0.6 is 0 Å². The Morgan fingerprint density at radius 1 is 0.800 bits per heavy atom. The number of rotatable bonds is 0. The van der Waals surface area contributed by atoms with Gasteiger partial charge in [-0.1, -0.05) is 20.1 Å². The van der Waals surface area contributed by atoms with Crippen LogP contribution in [-0.4, -0.2) is 85.6 Å². The van der Waals surface area contributed by atoms with E-state index in [4.69, 9.17) is 49.9 Å². The Morgan fingerprint density at radius 2 is 1.69 bits per heavy atom. The molecule has 12 nitrogen and oxygen atoms in total. The fraction of sp³-hybridized carbons (Fsp3) is 0.321. The van der Waals surface area contributed by atoms with Gasteiger partial charge in [-0.2, -0.15) is 0 Å². The van der Waals surface area contributed by atoms with Gasteiger partial charge >= 0.3 is 0 Å². The van der Waals surface area contributed by atoms with Crippen molar-refractivity contribution in [3.8, 4) is 0 Å².